The van der Waals surface area contributed by atoms with Gasteiger partial charge in [0, 0.05) is 44.8 Å². The molecule has 6 heterocycles. The van der Waals surface area contributed by atoms with Crippen LogP contribution in [0.3, 0.4) is 0 Å². The zero-order valence-corrected chi connectivity index (χ0v) is 20.1. The van der Waals surface area contributed by atoms with Crippen LogP contribution < -0.4 is 0 Å². The lowest BCUT2D eigenvalue weighted by atomic mass is 10.1. The van der Waals surface area contributed by atoms with Gasteiger partial charge in [-0.05, 0) is 37.3 Å². The van der Waals surface area contributed by atoms with Gasteiger partial charge in [-0.25, -0.2) is 9.97 Å². The Morgan fingerprint density at radius 3 is 2.79 bits per heavy atom. The summed E-state index contributed by atoms with van der Waals surface area (Å²) in [6.07, 6.45) is 4.44. The average molecular weight is 478 g/mol. The van der Waals surface area contributed by atoms with E-state index < -0.39 is 0 Å². The Balaban J connectivity index is 1.15. The van der Waals surface area contributed by atoms with Crippen LogP contribution in [-0.2, 0) is 19.5 Å². The van der Waals surface area contributed by atoms with E-state index in [4.69, 9.17) is 14.5 Å². The maximum absolute atomic E-state index is 13.5. The number of rotatable bonds is 4. The molecule has 1 amide bonds. The van der Waals surface area contributed by atoms with Gasteiger partial charge in [-0.2, -0.15) is 4.98 Å². The highest BCUT2D eigenvalue weighted by atomic mass is 32.1. The highest BCUT2D eigenvalue weighted by molar-refractivity contribution is 7.13. The number of thiophene rings is 1. The van der Waals surface area contributed by atoms with Crippen molar-refractivity contribution in [2.24, 2.45) is 0 Å². The molecule has 0 aliphatic carbocycles. The Kier molecular flexibility index (Phi) is 5.62. The van der Waals surface area contributed by atoms with Crippen molar-refractivity contribution >= 4 is 28.4 Å². The second-order valence-corrected chi connectivity index (χ2v) is 9.98. The molecular weight excluding hydrogens is 450 g/mol. The minimum atomic E-state index is 0.0428. The molecule has 0 spiro atoms. The first-order chi connectivity index (χ1) is 16.7. The summed E-state index contributed by atoms with van der Waals surface area (Å²) in [6.45, 7) is 6.30. The maximum atomic E-state index is 13.5. The van der Waals surface area contributed by atoms with Crippen LogP contribution in [0.2, 0.25) is 0 Å². The lowest BCUT2D eigenvalue weighted by Crippen LogP contribution is -2.48. The number of fused-ring (bicyclic) bond motifs is 3. The number of pyridine rings is 1. The van der Waals surface area contributed by atoms with Crippen LogP contribution in [-0.4, -0.2) is 66.6 Å². The average Bonchev–Trinajstić information content (AvgIpc) is 3.57. The van der Waals surface area contributed by atoms with Gasteiger partial charge in [0.2, 0.25) is 11.7 Å². The van der Waals surface area contributed by atoms with Crippen LogP contribution in [0.25, 0.3) is 21.9 Å². The summed E-state index contributed by atoms with van der Waals surface area (Å²) in [6, 6.07) is 5.86. The molecule has 6 rings (SSSR count). The van der Waals surface area contributed by atoms with Crippen molar-refractivity contribution in [1.82, 2.24) is 34.5 Å². The monoisotopic (exact) mass is 477 g/mol. The lowest BCUT2D eigenvalue weighted by molar-refractivity contribution is 0.0616. The molecule has 0 bridgehead atoms. The molecule has 2 aliphatic rings. The van der Waals surface area contributed by atoms with Crippen molar-refractivity contribution in [2.45, 2.75) is 45.7 Å². The molecule has 2 aliphatic heterocycles. The van der Waals surface area contributed by atoms with Gasteiger partial charge < -0.3 is 14.0 Å². The fraction of sp³-hybridized carbons (Fsp3) is 0.458. The van der Waals surface area contributed by atoms with Gasteiger partial charge in [-0.15, -0.1) is 11.3 Å². The molecule has 10 heteroatoms. The van der Waals surface area contributed by atoms with Crippen LogP contribution in [0.5, 0.6) is 0 Å². The van der Waals surface area contributed by atoms with Gasteiger partial charge in [-0.1, -0.05) is 17.6 Å². The molecular formula is C24H27N7O2S. The second-order valence-electron chi connectivity index (χ2n) is 9.03. The fourth-order valence-corrected chi connectivity index (χ4v) is 5.52. The normalized spacial score (nSPS) is 17.1. The molecule has 4 aromatic heterocycles. The van der Waals surface area contributed by atoms with E-state index in [1.54, 1.807) is 11.3 Å². The Bertz CT molecular complexity index is 1320. The van der Waals surface area contributed by atoms with E-state index in [0.717, 1.165) is 66.5 Å². The van der Waals surface area contributed by atoms with E-state index in [1.165, 1.54) is 6.42 Å². The molecule has 4 aromatic rings. The number of hydrogen-bond acceptors (Lipinski definition) is 8. The first kappa shape index (κ1) is 21.4. The summed E-state index contributed by atoms with van der Waals surface area (Å²) in [7, 11) is 0. The minimum Gasteiger partial charge on any atom is -0.338 e. The first-order valence-corrected chi connectivity index (χ1v) is 12.8. The molecule has 0 unspecified atom stereocenters. The number of carbonyl (C=O) groups excluding carboxylic acids is 1. The zero-order valence-electron chi connectivity index (χ0n) is 19.2. The third kappa shape index (κ3) is 4.01. The summed E-state index contributed by atoms with van der Waals surface area (Å²) in [5.74, 6) is 2.34. The highest BCUT2D eigenvalue weighted by Crippen LogP contribution is 2.26. The van der Waals surface area contributed by atoms with Crippen LogP contribution >= 0.6 is 11.3 Å². The molecule has 176 valence electrons. The number of aryl methyl sites for hydroxylation is 3. The molecule has 0 aromatic carbocycles. The zero-order chi connectivity index (χ0) is 23.1. The molecule has 0 radical (unpaired) electrons. The highest BCUT2D eigenvalue weighted by Gasteiger charge is 2.27. The number of imidazole rings is 1. The first-order valence-electron chi connectivity index (χ1n) is 11.9. The van der Waals surface area contributed by atoms with E-state index in [-0.39, 0.29) is 5.91 Å². The van der Waals surface area contributed by atoms with Crippen molar-refractivity contribution in [1.29, 1.82) is 0 Å². The standard InChI is InChI=1S/C24H27N7O2S/c1-16-14-17(21-23(25-16)31-8-4-2-3-7-19(31)26-21)24(32)30-11-9-29(10-12-30)15-20-27-22(28-33-20)18-6-5-13-34-18/h5-6,13-14H,2-4,7-12,15H2,1H3. The molecule has 9 nitrogen and oxygen atoms in total. The largest absolute Gasteiger partial charge is 0.338 e. The van der Waals surface area contributed by atoms with E-state index in [9.17, 15) is 4.79 Å². The summed E-state index contributed by atoms with van der Waals surface area (Å²) < 4.78 is 7.67. The van der Waals surface area contributed by atoms with E-state index >= 15 is 0 Å². The molecule has 1 saturated heterocycles. The van der Waals surface area contributed by atoms with Gasteiger partial charge >= 0.3 is 0 Å². The van der Waals surface area contributed by atoms with Crippen molar-refractivity contribution in [3.05, 3.63) is 46.6 Å². The number of aromatic nitrogens is 5. The maximum Gasteiger partial charge on any atom is 0.256 e. The fourth-order valence-electron chi connectivity index (χ4n) is 4.87. The van der Waals surface area contributed by atoms with Gasteiger partial charge in [0.15, 0.2) is 5.65 Å². The van der Waals surface area contributed by atoms with Crippen molar-refractivity contribution < 1.29 is 9.32 Å². The predicted molar refractivity (Wildman–Crippen MR) is 129 cm³/mol. The number of piperazine rings is 1. The van der Waals surface area contributed by atoms with E-state index in [0.29, 0.717) is 36.9 Å². The number of hydrogen-bond donors (Lipinski definition) is 0. The number of amides is 1. The predicted octanol–water partition coefficient (Wildman–Crippen LogP) is 3.54. The van der Waals surface area contributed by atoms with Crippen molar-refractivity contribution in [2.75, 3.05) is 26.2 Å². The van der Waals surface area contributed by atoms with Crippen molar-refractivity contribution in [3.63, 3.8) is 0 Å². The molecule has 1 fully saturated rings. The van der Waals surface area contributed by atoms with Gasteiger partial charge in [0.1, 0.15) is 11.3 Å². The van der Waals surface area contributed by atoms with Crippen LogP contribution in [0.4, 0.5) is 0 Å². The minimum absolute atomic E-state index is 0.0428. The molecule has 0 N–H and O–H groups in total. The van der Waals surface area contributed by atoms with Crippen LogP contribution in [0.15, 0.2) is 28.1 Å². The lowest BCUT2D eigenvalue weighted by Gasteiger charge is -2.34. The van der Waals surface area contributed by atoms with Gasteiger partial charge in [-0.3, -0.25) is 9.69 Å². The Morgan fingerprint density at radius 2 is 1.97 bits per heavy atom. The third-order valence-corrected chi connectivity index (χ3v) is 7.52. The van der Waals surface area contributed by atoms with Crippen LogP contribution in [0.1, 0.15) is 47.0 Å². The summed E-state index contributed by atoms with van der Waals surface area (Å²) in [5, 5.41) is 6.10. The topological polar surface area (TPSA) is 93.2 Å². The van der Waals surface area contributed by atoms with Crippen LogP contribution in [0, 0.1) is 6.92 Å². The number of carbonyl (C=O) groups is 1. The summed E-state index contributed by atoms with van der Waals surface area (Å²) in [4.78, 5) is 32.9. The summed E-state index contributed by atoms with van der Waals surface area (Å²) in [5.41, 5.74) is 3.15. The Morgan fingerprint density at radius 1 is 1.09 bits per heavy atom. The van der Waals surface area contributed by atoms with E-state index in [1.807, 2.05) is 35.4 Å². The second kappa shape index (κ2) is 8.92. The molecule has 0 saturated carbocycles. The quantitative estimate of drug-likeness (QED) is 0.444. The molecule has 34 heavy (non-hydrogen) atoms. The molecule has 0 atom stereocenters. The van der Waals surface area contributed by atoms with Crippen molar-refractivity contribution in [3.8, 4) is 10.7 Å². The smallest absolute Gasteiger partial charge is 0.256 e. The van der Waals surface area contributed by atoms with E-state index in [2.05, 4.69) is 19.6 Å². The Hall–Kier alpha value is -3.11. The van der Waals surface area contributed by atoms with Gasteiger partial charge in [0.05, 0.1) is 17.0 Å². The SMILES string of the molecule is Cc1cc(C(=O)N2CCN(Cc3nc(-c4cccs4)no3)CC2)c2nc3n(c2n1)CCCCC3. The van der Waals surface area contributed by atoms with Gasteiger partial charge in [0.25, 0.3) is 5.91 Å². The Labute approximate surface area is 201 Å². The number of nitrogens with zero attached hydrogens (tertiary/aromatic N) is 7. The third-order valence-electron chi connectivity index (χ3n) is 6.65. The summed E-state index contributed by atoms with van der Waals surface area (Å²) >= 11 is 1.59.